The molecule has 0 N–H and O–H groups in total. The van der Waals surface area contributed by atoms with Crippen LogP contribution >= 0.6 is 0 Å². The first-order chi connectivity index (χ1) is 8.20. The average molecular weight is 226 g/mol. The lowest BCUT2D eigenvalue weighted by Crippen LogP contribution is -1.99. The summed E-state index contributed by atoms with van der Waals surface area (Å²) in [7, 11) is 0. The third kappa shape index (κ3) is 2.07. The van der Waals surface area contributed by atoms with Crippen molar-refractivity contribution in [1.29, 1.82) is 0 Å². The topological polar surface area (TPSA) is 0 Å². The Balaban J connectivity index is 1.92. The van der Waals surface area contributed by atoms with Crippen LogP contribution in [0, 0.1) is 17.8 Å². The third-order valence-corrected chi connectivity index (χ3v) is 4.51. The molecular weight excluding hydrogens is 204 g/mol. The molecule has 0 nitrogen and oxygen atoms in total. The normalized spacial score (nSPS) is 30.8. The van der Waals surface area contributed by atoms with Crippen molar-refractivity contribution in [2.75, 3.05) is 0 Å². The molecule has 0 aliphatic heterocycles. The Labute approximate surface area is 105 Å². The fraction of sp³-hybridized carbons (Fsp3) is 0.588. The summed E-state index contributed by atoms with van der Waals surface area (Å²) >= 11 is 0. The van der Waals surface area contributed by atoms with Crippen molar-refractivity contribution in [3.8, 4) is 0 Å². The lowest BCUT2D eigenvalue weighted by atomic mass is 9.90. The van der Waals surface area contributed by atoms with E-state index in [4.69, 9.17) is 0 Å². The lowest BCUT2D eigenvalue weighted by molar-refractivity contribution is 0.795. The molecule has 3 aliphatic carbocycles. The molecule has 2 saturated carbocycles. The number of hydrogen-bond donors (Lipinski definition) is 0. The van der Waals surface area contributed by atoms with Crippen molar-refractivity contribution < 1.29 is 0 Å². The first kappa shape index (κ1) is 11.1. The highest BCUT2D eigenvalue weighted by Gasteiger charge is 2.41. The molecule has 0 heterocycles. The molecule has 0 radical (unpaired) electrons. The van der Waals surface area contributed by atoms with Gasteiger partial charge in [-0.3, -0.25) is 0 Å². The Hall–Kier alpha value is -1.00. The number of rotatable bonds is 4. The van der Waals surface area contributed by atoms with E-state index < -0.39 is 0 Å². The molecule has 90 valence electrons. The van der Waals surface area contributed by atoms with E-state index in [0.29, 0.717) is 0 Å². The van der Waals surface area contributed by atoms with Crippen LogP contribution in [0.5, 0.6) is 0 Å². The summed E-state index contributed by atoms with van der Waals surface area (Å²) < 4.78 is 0. The molecule has 0 spiro atoms. The standard InChI is InChI=1S/C17H22/c1-4-14-7-8-15-10-16(15)17(12(14)3)11(2)9-13-5-6-13/h8,13,15-16H,2,4-6,9-10H2,1,3H3. The van der Waals surface area contributed by atoms with Gasteiger partial charge in [0.25, 0.3) is 0 Å². The Morgan fingerprint density at radius 1 is 1.47 bits per heavy atom. The molecular formula is C17H22. The molecule has 2 unspecified atom stereocenters. The second-order valence-electron chi connectivity index (χ2n) is 5.94. The van der Waals surface area contributed by atoms with Crippen molar-refractivity contribution in [3.63, 3.8) is 0 Å². The largest absolute Gasteiger partial charge is 0.121 e. The molecule has 0 heteroatoms. The summed E-state index contributed by atoms with van der Waals surface area (Å²) in [6, 6.07) is 0. The Kier molecular flexibility index (Phi) is 2.64. The molecule has 0 aromatic carbocycles. The SMILES string of the molecule is C=C(CC1CC1)C1=C(C)C(CC)=C=CC2CC12. The lowest BCUT2D eigenvalue weighted by Gasteiger charge is -2.15. The quantitative estimate of drug-likeness (QED) is 0.604. The van der Waals surface area contributed by atoms with E-state index in [0.717, 1.165) is 24.2 Å². The van der Waals surface area contributed by atoms with Crippen molar-refractivity contribution in [2.45, 2.75) is 46.0 Å². The van der Waals surface area contributed by atoms with Crippen LogP contribution in [0.4, 0.5) is 0 Å². The molecule has 0 aromatic rings. The monoisotopic (exact) mass is 226 g/mol. The molecule has 17 heavy (non-hydrogen) atoms. The van der Waals surface area contributed by atoms with E-state index >= 15 is 0 Å². The van der Waals surface area contributed by atoms with Crippen LogP contribution in [0.25, 0.3) is 0 Å². The summed E-state index contributed by atoms with van der Waals surface area (Å²) in [6.07, 6.45) is 8.84. The van der Waals surface area contributed by atoms with E-state index in [1.165, 1.54) is 42.4 Å². The van der Waals surface area contributed by atoms with Crippen molar-refractivity contribution in [2.24, 2.45) is 17.8 Å². The van der Waals surface area contributed by atoms with Crippen molar-refractivity contribution in [1.82, 2.24) is 0 Å². The van der Waals surface area contributed by atoms with Gasteiger partial charge in [-0.25, -0.2) is 0 Å². The van der Waals surface area contributed by atoms with Gasteiger partial charge in [-0.2, -0.15) is 0 Å². The zero-order valence-electron chi connectivity index (χ0n) is 11.1. The predicted octanol–water partition coefficient (Wildman–Crippen LogP) is 4.80. The minimum absolute atomic E-state index is 0.764. The van der Waals surface area contributed by atoms with Crippen molar-refractivity contribution >= 4 is 0 Å². The highest BCUT2D eigenvalue weighted by molar-refractivity contribution is 5.49. The molecule has 0 aromatic heterocycles. The maximum absolute atomic E-state index is 4.38. The summed E-state index contributed by atoms with van der Waals surface area (Å²) in [5.74, 6) is 2.49. The molecule has 2 atom stereocenters. The van der Waals surface area contributed by atoms with E-state index in [9.17, 15) is 0 Å². The van der Waals surface area contributed by atoms with Gasteiger partial charge in [-0.05, 0) is 79.6 Å². The van der Waals surface area contributed by atoms with Crippen LogP contribution in [0.1, 0.15) is 46.0 Å². The van der Waals surface area contributed by atoms with Gasteiger partial charge in [0.2, 0.25) is 0 Å². The molecule has 2 fully saturated rings. The first-order valence-electron chi connectivity index (χ1n) is 7.05. The number of allylic oxidation sites excluding steroid dienone is 4. The second-order valence-corrected chi connectivity index (χ2v) is 5.94. The molecule has 3 rings (SSSR count). The predicted molar refractivity (Wildman–Crippen MR) is 72.7 cm³/mol. The highest BCUT2D eigenvalue weighted by Crippen LogP contribution is 2.52. The minimum atomic E-state index is 0.764. The summed E-state index contributed by atoms with van der Waals surface area (Å²) in [5.41, 5.74) is 9.44. The minimum Gasteiger partial charge on any atom is -0.121 e. The first-order valence-corrected chi connectivity index (χ1v) is 7.05. The van der Waals surface area contributed by atoms with Crippen LogP contribution in [-0.2, 0) is 0 Å². The molecule has 0 bridgehead atoms. The second kappa shape index (κ2) is 4.03. The zero-order valence-corrected chi connectivity index (χ0v) is 11.1. The smallest absolute Gasteiger partial charge is 0.00342 e. The van der Waals surface area contributed by atoms with Gasteiger partial charge in [-0.15, -0.1) is 5.73 Å². The van der Waals surface area contributed by atoms with Crippen molar-refractivity contribution in [3.05, 3.63) is 40.7 Å². The zero-order chi connectivity index (χ0) is 12.0. The van der Waals surface area contributed by atoms with Gasteiger partial charge < -0.3 is 0 Å². The van der Waals surface area contributed by atoms with Crippen LogP contribution in [0.3, 0.4) is 0 Å². The summed E-state index contributed by atoms with van der Waals surface area (Å²) in [4.78, 5) is 0. The summed E-state index contributed by atoms with van der Waals surface area (Å²) in [6.45, 7) is 8.90. The Bertz CT molecular complexity index is 450. The van der Waals surface area contributed by atoms with Gasteiger partial charge >= 0.3 is 0 Å². The molecule has 3 aliphatic rings. The maximum atomic E-state index is 4.38. The fourth-order valence-corrected chi connectivity index (χ4v) is 3.16. The van der Waals surface area contributed by atoms with Gasteiger partial charge in [0, 0.05) is 0 Å². The average Bonchev–Trinajstić information content (AvgIpc) is 3.14. The van der Waals surface area contributed by atoms with Crippen LogP contribution in [0.15, 0.2) is 40.7 Å². The van der Waals surface area contributed by atoms with Gasteiger partial charge in [0.15, 0.2) is 0 Å². The summed E-state index contributed by atoms with van der Waals surface area (Å²) in [5, 5.41) is 0. The van der Waals surface area contributed by atoms with Gasteiger partial charge in [0.05, 0.1) is 0 Å². The van der Waals surface area contributed by atoms with E-state index in [1.54, 1.807) is 5.57 Å². The maximum Gasteiger partial charge on any atom is -0.00342 e. The van der Waals surface area contributed by atoms with Crippen LogP contribution in [-0.4, -0.2) is 0 Å². The van der Waals surface area contributed by atoms with Gasteiger partial charge in [-0.1, -0.05) is 19.1 Å². The number of fused-ring (bicyclic) bond motifs is 1. The van der Waals surface area contributed by atoms with Gasteiger partial charge in [0.1, 0.15) is 0 Å². The van der Waals surface area contributed by atoms with E-state index in [2.05, 4.69) is 32.2 Å². The van der Waals surface area contributed by atoms with E-state index in [1.807, 2.05) is 0 Å². The number of hydrogen-bond acceptors (Lipinski definition) is 0. The van der Waals surface area contributed by atoms with E-state index in [-0.39, 0.29) is 0 Å². The Morgan fingerprint density at radius 3 is 2.88 bits per heavy atom. The molecule has 0 amide bonds. The van der Waals surface area contributed by atoms with Crippen LogP contribution < -0.4 is 0 Å². The highest BCUT2D eigenvalue weighted by atomic mass is 14.4. The third-order valence-electron chi connectivity index (χ3n) is 4.51. The van der Waals surface area contributed by atoms with Crippen LogP contribution in [0.2, 0.25) is 0 Å². The fourth-order valence-electron chi connectivity index (χ4n) is 3.16. The Morgan fingerprint density at radius 2 is 2.24 bits per heavy atom. The molecule has 0 saturated heterocycles.